The van der Waals surface area contributed by atoms with Crippen molar-refractivity contribution in [1.82, 2.24) is 9.88 Å². The van der Waals surface area contributed by atoms with Crippen molar-refractivity contribution in [3.8, 4) is 0 Å². The Morgan fingerprint density at radius 1 is 1.14 bits per heavy atom. The van der Waals surface area contributed by atoms with Gasteiger partial charge in [-0.1, -0.05) is 59.3 Å². The van der Waals surface area contributed by atoms with Crippen LogP contribution in [0.15, 0.2) is 69.9 Å². The van der Waals surface area contributed by atoms with Gasteiger partial charge < -0.3 is 16.4 Å². The molecular weight excluding hydrogens is 609 g/mol. The molecule has 5 rings (SSSR count). The number of anilines is 1. The molecule has 1 unspecified atom stereocenters. The lowest BCUT2D eigenvalue weighted by Crippen LogP contribution is -2.45. The average Bonchev–Trinajstić information content (AvgIpc) is 2.96. The number of fused-ring (bicyclic) bond motifs is 2. The maximum Gasteiger partial charge on any atom is 0.294 e. The molecule has 0 saturated carbocycles. The Balaban J connectivity index is 1.82. The molecule has 0 bridgehead atoms. The summed E-state index contributed by atoms with van der Waals surface area (Å²) in [6.07, 6.45) is 0.836. The smallest absolute Gasteiger partial charge is 0.294 e. The van der Waals surface area contributed by atoms with E-state index in [9.17, 15) is 24.5 Å². The molecule has 0 aliphatic heterocycles. The maximum absolute atomic E-state index is 15.7. The fraction of sp³-hybridized carbons (Fsp3) is 0.233. The highest BCUT2D eigenvalue weighted by Gasteiger charge is 2.40. The number of amides is 2. The van der Waals surface area contributed by atoms with Crippen molar-refractivity contribution in [2.45, 2.75) is 37.8 Å². The normalized spacial score (nSPS) is 17.9. The third-order valence-corrected chi connectivity index (χ3v) is 8.28. The number of nitro groups is 1. The van der Waals surface area contributed by atoms with E-state index in [1.165, 1.54) is 41.9 Å². The molecule has 0 saturated heterocycles. The Bertz CT molecular complexity index is 1820. The summed E-state index contributed by atoms with van der Waals surface area (Å²) < 4.78 is 17.3. The van der Waals surface area contributed by atoms with Gasteiger partial charge in [-0.2, -0.15) is 0 Å². The molecule has 1 aliphatic rings. The largest absolute Gasteiger partial charge is 0.374 e. The van der Waals surface area contributed by atoms with Crippen LogP contribution in [0, 0.1) is 15.9 Å². The Morgan fingerprint density at radius 2 is 1.88 bits per heavy atom. The second-order valence-corrected chi connectivity index (χ2v) is 11.0. The number of nitrogens with two attached hydrogens (primary N) is 1. The standard InChI is InChI=1S/C30H27BrFN5O5/c1-3-17-18-8-5-4-7-15(18)11-23(35-26-21(30(40)34-2)12-16(31)13-24(26)37(41)42)28(17)36-25(38)14-20(29(33)39)19-9-6-10-22(32)27(19)36/h4-10,12-14,17,23,28,35H,3,11H2,1-2H3,(H2,33,39)(H,34,40)/t17?,23-,28+/m1/s1. The van der Waals surface area contributed by atoms with Gasteiger partial charge >= 0.3 is 0 Å². The van der Waals surface area contributed by atoms with Crippen LogP contribution in [0.3, 0.4) is 0 Å². The van der Waals surface area contributed by atoms with E-state index in [-0.39, 0.29) is 39.3 Å². The van der Waals surface area contributed by atoms with Crippen LogP contribution in [0.5, 0.6) is 0 Å². The number of nitrogens with one attached hydrogen (secondary N) is 2. The lowest BCUT2D eigenvalue weighted by atomic mass is 9.74. The number of rotatable bonds is 7. The van der Waals surface area contributed by atoms with Crippen LogP contribution < -0.4 is 21.9 Å². The number of para-hydroxylation sites is 1. The summed E-state index contributed by atoms with van der Waals surface area (Å²) in [5.74, 6) is -2.49. The minimum atomic E-state index is -0.869. The molecule has 42 heavy (non-hydrogen) atoms. The van der Waals surface area contributed by atoms with Gasteiger partial charge in [-0.15, -0.1) is 0 Å². The molecule has 1 heterocycles. The topological polar surface area (TPSA) is 149 Å². The van der Waals surface area contributed by atoms with E-state index in [1.54, 1.807) is 0 Å². The van der Waals surface area contributed by atoms with Gasteiger partial charge in [0.15, 0.2) is 0 Å². The quantitative estimate of drug-likeness (QED) is 0.191. The molecule has 10 nitrogen and oxygen atoms in total. The number of aromatic nitrogens is 1. The van der Waals surface area contributed by atoms with Crippen LogP contribution >= 0.6 is 15.9 Å². The van der Waals surface area contributed by atoms with Gasteiger partial charge in [0, 0.05) is 35.0 Å². The lowest BCUT2D eigenvalue weighted by Gasteiger charge is -2.42. The number of benzene rings is 3. The van der Waals surface area contributed by atoms with Gasteiger partial charge in [-0.3, -0.25) is 29.1 Å². The first kappa shape index (κ1) is 28.9. The highest BCUT2D eigenvalue weighted by atomic mass is 79.9. The van der Waals surface area contributed by atoms with Crippen LogP contribution in [0.1, 0.15) is 57.1 Å². The minimum absolute atomic E-state index is 0.0247. The van der Waals surface area contributed by atoms with Crippen LogP contribution in [-0.2, 0) is 6.42 Å². The molecule has 3 aromatic carbocycles. The van der Waals surface area contributed by atoms with Crippen molar-refractivity contribution in [3.05, 3.63) is 114 Å². The Hall–Kier alpha value is -4.58. The number of nitro benzene ring substituents is 1. The predicted molar refractivity (Wildman–Crippen MR) is 160 cm³/mol. The zero-order chi connectivity index (χ0) is 30.3. The van der Waals surface area contributed by atoms with Crippen molar-refractivity contribution >= 4 is 50.0 Å². The van der Waals surface area contributed by atoms with E-state index < -0.39 is 40.2 Å². The molecule has 12 heteroatoms. The summed E-state index contributed by atoms with van der Waals surface area (Å²) in [5.41, 5.74) is 6.27. The summed E-state index contributed by atoms with van der Waals surface area (Å²) >= 11 is 3.25. The molecular formula is C30H27BrFN5O5. The molecule has 3 atom stereocenters. The molecule has 4 aromatic rings. The van der Waals surface area contributed by atoms with E-state index in [0.717, 1.165) is 17.2 Å². The molecule has 0 radical (unpaired) electrons. The third kappa shape index (κ3) is 4.91. The number of halogens is 2. The highest BCUT2D eigenvalue weighted by Crippen LogP contribution is 2.45. The molecule has 1 aliphatic carbocycles. The van der Waals surface area contributed by atoms with E-state index in [0.29, 0.717) is 17.3 Å². The van der Waals surface area contributed by atoms with Crippen molar-refractivity contribution in [2.24, 2.45) is 5.73 Å². The molecule has 2 amide bonds. The number of hydrogen-bond donors (Lipinski definition) is 3. The lowest BCUT2D eigenvalue weighted by molar-refractivity contribution is -0.384. The summed E-state index contributed by atoms with van der Waals surface area (Å²) in [4.78, 5) is 50.6. The molecule has 4 N–H and O–H groups in total. The van der Waals surface area contributed by atoms with Gasteiger partial charge in [0.05, 0.1) is 33.7 Å². The van der Waals surface area contributed by atoms with E-state index >= 15 is 4.39 Å². The van der Waals surface area contributed by atoms with Crippen LogP contribution in [0.4, 0.5) is 15.8 Å². The van der Waals surface area contributed by atoms with Gasteiger partial charge in [0.25, 0.3) is 17.2 Å². The summed E-state index contributed by atoms with van der Waals surface area (Å²) in [6.45, 7) is 1.94. The molecule has 0 fully saturated rings. The van der Waals surface area contributed by atoms with Gasteiger partial charge in [0.1, 0.15) is 11.5 Å². The van der Waals surface area contributed by atoms with Gasteiger partial charge in [-0.05, 0) is 36.1 Å². The van der Waals surface area contributed by atoms with Crippen LogP contribution in [-0.4, -0.2) is 34.4 Å². The number of pyridine rings is 1. The zero-order valence-corrected chi connectivity index (χ0v) is 24.3. The first-order chi connectivity index (χ1) is 20.1. The fourth-order valence-electron chi connectivity index (χ4n) is 6.11. The van der Waals surface area contributed by atoms with Crippen LogP contribution in [0.25, 0.3) is 10.9 Å². The van der Waals surface area contributed by atoms with Crippen molar-refractivity contribution in [3.63, 3.8) is 0 Å². The fourth-order valence-corrected chi connectivity index (χ4v) is 6.55. The summed E-state index contributed by atoms with van der Waals surface area (Å²) in [7, 11) is 1.42. The molecule has 0 spiro atoms. The number of primary amides is 1. The second-order valence-electron chi connectivity index (χ2n) is 10.1. The number of carbonyl (C=O) groups excluding carboxylic acids is 2. The van der Waals surface area contributed by atoms with Crippen LogP contribution in [0.2, 0.25) is 0 Å². The number of hydrogen-bond acceptors (Lipinski definition) is 6. The zero-order valence-electron chi connectivity index (χ0n) is 22.7. The van der Waals surface area contributed by atoms with Gasteiger partial charge in [-0.25, -0.2) is 4.39 Å². The summed E-state index contributed by atoms with van der Waals surface area (Å²) in [6, 6.07) is 14.2. The van der Waals surface area contributed by atoms with E-state index in [4.69, 9.17) is 5.73 Å². The summed E-state index contributed by atoms with van der Waals surface area (Å²) in [5, 5.41) is 18.1. The predicted octanol–water partition coefficient (Wildman–Crippen LogP) is 5.04. The molecule has 1 aromatic heterocycles. The van der Waals surface area contributed by atoms with Crippen molar-refractivity contribution in [1.29, 1.82) is 0 Å². The Morgan fingerprint density at radius 3 is 2.55 bits per heavy atom. The minimum Gasteiger partial charge on any atom is -0.374 e. The van der Waals surface area contributed by atoms with E-state index in [1.807, 2.05) is 31.2 Å². The second kappa shape index (κ2) is 11.4. The van der Waals surface area contributed by atoms with Gasteiger partial charge in [0.2, 0.25) is 5.91 Å². The SMILES string of the molecule is CCC1c2ccccc2C[C@@H](Nc2c(C(=O)NC)cc(Br)cc2[N+](=O)[O-])[C@H]1n1c(=O)cc(C(N)=O)c2cccc(F)c21. The van der Waals surface area contributed by atoms with Crippen molar-refractivity contribution in [2.75, 3.05) is 12.4 Å². The highest BCUT2D eigenvalue weighted by molar-refractivity contribution is 9.10. The van der Waals surface area contributed by atoms with E-state index in [2.05, 4.69) is 26.6 Å². The third-order valence-electron chi connectivity index (χ3n) is 7.83. The first-order valence-corrected chi connectivity index (χ1v) is 14.0. The number of nitrogens with zero attached hydrogens (tertiary/aromatic N) is 2. The molecule has 216 valence electrons. The monoisotopic (exact) mass is 635 g/mol. The number of carbonyl (C=O) groups is 2. The maximum atomic E-state index is 15.7. The Labute approximate surface area is 248 Å². The Kier molecular flexibility index (Phi) is 7.83. The first-order valence-electron chi connectivity index (χ1n) is 13.2. The average molecular weight is 636 g/mol. The van der Waals surface area contributed by atoms with Crippen molar-refractivity contribution < 1.29 is 18.9 Å².